The Balaban J connectivity index is 2.07. The van der Waals surface area contributed by atoms with Crippen molar-refractivity contribution in [3.8, 4) is 0 Å². The van der Waals surface area contributed by atoms with Gasteiger partial charge in [0.25, 0.3) is 0 Å². The van der Waals surface area contributed by atoms with Gasteiger partial charge in [0.2, 0.25) is 0 Å². The fraction of sp³-hybridized carbons (Fsp3) is 0.364. The van der Waals surface area contributed by atoms with Gasteiger partial charge in [-0.25, -0.2) is 4.98 Å². The maximum Gasteiger partial charge on any atom is 0.401 e. The first-order valence-electron chi connectivity index (χ1n) is 5.11. The van der Waals surface area contributed by atoms with Crippen molar-refractivity contribution in [1.29, 1.82) is 0 Å². The predicted octanol–water partition coefficient (Wildman–Crippen LogP) is 2.56. The lowest BCUT2D eigenvalue weighted by Crippen LogP contribution is -2.30. The number of imidazole rings is 1. The Hall–Kier alpha value is -1.56. The van der Waals surface area contributed by atoms with Crippen LogP contribution in [0.15, 0.2) is 24.5 Å². The van der Waals surface area contributed by atoms with E-state index in [0.29, 0.717) is 0 Å². The summed E-state index contributed by atoms with van der Waals surface area (Å²) < 4.78 is 36.5. The smallest absolute Gasteiger partial charge is 0.345 e. The first-order valence-corrected chi connectivity index (χ1v) is 5.11. The normalized spacial score (nSPS) is 12.5. The van der Waals surface area contributed by atoms with Crippen LogP contribution in [-0.2, 0) is 6.54 Å². The molecule has 0 radical (unpaired) electrons. The minimum absolute atomic E-state index is 0.258. The first-order chi connectivity index (χ1) is 7.94. The molecule has 0 saturated carbocycles. The third-order valence-corrected chi connectivity index (χ3v) is 2.39. The minimum Gasteiger partial charge on any atom is -0.345 e. The molecule has 2 aromatic rings. The predicted molar refractivity (Wildman–Crippen MR) is 58.5 cm³/mol. The van der Waals surface area contributed by atoms with Crippen LogP contribution in [0.4, 0.5) is 13.2 Å². The SMILES string of the molecule is CN(Cc1ccc2nc[nH]c2c1)CC(F)(F)F. The van der Waals surface area contributed by atoms with E-state index in [1.165, 1.54) is 11.9 Å². The molecular weight excluding hydrogens is 231 g/mol. The molecule has 0 saturated heterocycles. The van der Waals surface area contributed by atoms with Crippen LogP contribution >= 0.6 is 0 Å². The van der Waals surface area contributed by atoms with Crippen LogP contribution in [0.25, 0.3) is 11.0 Å². The van der Waals surface area contributed by atoms with E-state index in [1.54, 1.807) is 18.5 Å². The van der Waals surface area contributed by atoms with Crippen molar-refractivity contribution < 1.29 is 13.2 Å². The third kappa shape index (κ3) is 3.20. The maximum atomic E-state index is 12.2. The fourth-order valence-corrected chi connectivity index (χ4v) is 1.75. The number of nitrogens with zero attached hydrogens (tertiary/aromatic N) is 2. The topological polar surface area (TPSA) is 31.9 Å². The van der Waals surface area contributed by atoms with Gasteiger partial charge < -0.3 is 4.98 Å². The Bertz CT molecular complexity index is 504. The molecule has 1 aromatic carbocycles. The molecule has 0 amide bonds. The van der Waals surface area contributed by atoms with Crippen LogP contribution in [0.5, 0.6) is 0 Å². The van der Waals surface area contributed by atoms with E-state index in [4.69, 9.17) is 0 Å². The van der Waals surface area contributed by atoms with Gasteiger partial charge in [-0.05, 0) is 24.7 Å². The molecule has 0 aliphatic rings. The average molecular weight is 243 g/mol. The lowest BCUT2D eigenvalue weighted by molar-refractivity contribution is -0.144. The number of H-pyrrole nitrogens is 1. The number of hydrogen-bond donors (Lipinski definition) is 1. The summed E-state index contributed by atoms with van der Waals surface area (Å²) >= 11 is 0. The van der Waals surface area contributed by atoms with E-state index in [1.807, 2.05) is 6.07 Å². The van der Waals surface area contributed by atoms with E-state index in [-0.39, 0.29) is 6.54 Å². The van der Waals surface area contributed by atoms with Gasteiger partial charge in [0.05, 0.1) is 23.9 Å². The van der Waals surface area contributed by atoms with E-state index in [2.05, 4.69) is 9.97 Å². The second-order valence-electron chi connectivity index (χ2n) is 4.04. The Morgan fingerprint density at radius 1 is 1.35 bits per heavy atom. The summed E-state index contributed by atoms with van der Waals surface area (Å²) in [6, 6.07) is 5.40. The van der Waals surface area contributed by atoms with E-state index < -0.39 is 12.7 Å². The zero-order valence-electron chi connectivity index (χ0n) is 9.25. The molecule has 0 aliphatic carbocycles. The summed E-state index contributed by atoms with van der Waals surface area (Å²) in [7, 11) is 1.45. The Morgan fingerprint density at radius 3 is 2.82 bits per heavy atom. The molecule has 0 spiro atoms. The molecule has 17 heavy (non-hydrogen) atoms. The zero-order chi connectivity index (χ0) is 12.5. The number of alkyl halides is 3. The van der Waals surface area contributed by atoms with Gasteiger partial charge in [-0.15, -0.1) is 0 Å². The highest BCUT2D eigenvalue weighted by Gasteiger charge is 2.29. The molecule has 92 valence electrons. The number of fused-ring (bicyclic) bond motifs is 1. The maximum absolute atomic E-state index is 12.2. The number of aromatic amines is 1. The fourth-order valence-electron chi connectivity index (χ4n) is 1.75. The monoisotopic (exact) mass is 243 g/mol. The Labute approximate surface area is 96.3 Å². The van der Waals surface area contributed by atoms with Crippen LogP contribution in [0.2, 0.25) is 0 Å². The van der Waals surface area contributed by atoms with Crippen molar-refractivity contribution in [1.82, 2.24) is 14.9 Å². The summed E-state index contributed by atoms with van der Waals surface area (Å²) in [5.74, 6) is 0. The lowest BCUT2D eigenvalue weighted by Gasteiger charge is -2.18. The molecule has 0 aliphatic heterocycles. The van der Waals surface area contributed by atoms with Gasteiger partial charge in [0, 0.05) is 6.54 Å². The van der Waals surface area contributed by atoms with Crippen LogP contribution in [0.1, 0.15) is 5.56 Å². The van der Waals surface area contributed by atoms with Crippen molar-refractivity contribution in [3.05, 3.63) is 30.1 Å². The van der Waals surface area contributed by atoms with Crippen LogP contribution in [0.3, 0.4) is 0 Å². The summed E-state index contributed by atoms with van der Waals surface area (Å²) in [6.07, 6.45) is -2.60. The standard InChI is InChI=1S/C11H12F3N3/c1-17(6-11(12,13)14)5-8-2-3-9-10(4-8)16-7-15-9/h2-4,7H,5-6H2,1H3,(H,15,16). The molecule has 6 heteroatoms. The van der Waals surface area contributed by atoms with Crippen molar-refractivity contribution in [2.45, 2.75) is 12.7 Å². The van der Waals surface area contributed by atoms with Gasteiger partial charge in [0.1, 0.15) is 0 Å². The van der Waals surface area contributed by atoms with Crippen LogP contribution in [0, 0.1) is 0 Å². The first kappa shape index (κ1) is 11.9. The van der Waals surface area contributed by atoms with E-state index >= 15 is 0 Å². The molecule has 1 heterocycles. The third-order valence-electron chi connectivity index (χ3n) is 2.39. The molecule has 0 bridgehead atoms. The summed E-state index contributed by atoms with van der Waals surface area (Å²) in [4.78, 5) is 8.21. The van der Waals surface area contributed by atoms with Gasteiger partial charge in [0.15, 0.2) is 0 Å². The highest BCUT2D eigenvalue weighted by atomic mass is 19.4. The zero-order valence-corrected chi connectivity index (χ0v) is 9.25. The van der Waals surface area contributed by atoms with Crippen molar-refractivity contribution in [2.24, 2.45) is 0 Å². The van der Waals surface area contributed by atoms with Crippen molar-refractivity contribution in [2.75, 3.05) is 13.6 Å². The Morgan fingerprint density at radius 2 is 2.12 bits per heavy atom. The number of nitrogens with one attached hydrogen (secondary N) is 1. The number of aromatic nitrogens is 2. The van der Waals surface area contributed by atoms with Gasteiger partial charge >= 0.3 is 6.18 Å². The van der Waals surface area contributed by atoms with Gasteiger partial charge in [-0.2, -0.15) is 13.2 Å². The molecular formula is C11H12F3N3. The lowest BCUT2D eigenvalue weighted by atomic mass is 10.2. The van der Waals surface area contributed by atoms with Gasteiger partial charge in [-0.1, -0.05) is 6.07 Å². The van der Waals surface area contributed by atoms with Crippen LogP contribution in [-0.4, -0.2) is 34.6 Å². The summed E-state index contributed by atoms with van der Waals surface area (Å²) in [5.41, 5.74) is 2.48. The number of benzene rings is 1. The second-order valence-corrected chi connectivity index (χ2v) is 4.04. The quantitative estimate of drug-likeness (QED) is 0.898. The molecule has 3 nitrogen and oxygen atoms in total. The van der Waals surface area contributed by atoms with Crippen molar-refractivity contribution >= 4 is 11.0 Å². The molecule has 1 N–H and O–H groups in total. The average Bonchev–Trinajstić information content (AvgIpc) is 2.61. The summed E-state index contributed by atoms with van der Waals surface area (Å²) in [6.45, 7) is -0.650. The summed E-state index contributed by atoms with van der Waals surface area (Å²) in [5, 5.41) is 0. The van der Waals surface area contributed by atoms with E-state index in [9.17, 15) is 13.2 Å². The highest BCUT2D eigenvalue weighted by molar-refractivity contribution is 5.74. The number of rotatable bonds is 3. The molecule has 0 unspecified atom stereocenters. The molecule has 0 fully saturated rings. The molecule has 2 rings (SSSR count). The van der Waals surface area contributed by atoms with E-state index in [0.717, 1.165) is 16.6 Å². The van der Waals surface area contributed by atoms with Crippen LogP contribution < -0.4 is 0 Å². The number of hydrogen-bond acceptors (Lipinski definition) is 2. The largest absolute Gasteiger partial charge is 0.401 e. The highest BCUT2D eigenvalue weighted by Crippen LogP contribution is 2.18. The second kappa shape index (κ2) is 4.37. The Kier molecular flexibility index (Phi) is 3.06. The molecule has 0 atom stereocenters. The molecule has 1 aromatic heterocycles. The minimum atomic E-state index is -4.16. The van der Waals surface area contributed by atoms with Crippen molar-refractivity contribution in [3.63, 3.8) is 0 Å². The van der Waals surface area contributed by atoms with Gasteiger partial charge in [-0.3, -0.25) is 4.90 Å². The number of halogens is 3.